The highest BCUT2D eigenvalue weighted by Crippen LogP contribution is 2.35. The average molecular weight is 514 g/mol. The molecular formula is C19H20F6N4O4S. The number of fused-ring (bicyclic) bond motifs is 1. The van der Waals surface area contributed by atoms with Gasteiger partial charge in [0.15, 0.2) is 15.6 Å². The van der Waals surface area contributed by atoms with Gasteiger partial charge in [-0.05, 0) is 24.6 Å². The first-order chi connectivity index (χ1) is 15.6. The van der Waals surface area contributed by atoms with E-state index < -0.39 is 46.6 Å². The van der Waals surface area contributed by atoms with Crippen molar-refractivity contribution in [3.8, 4) is 5.75 Å². The zero-order valence-electron chi connectivity index (χ0n) is 17.6. The summed E-state index contributed by atoms with van der Waals surface area (Å²) in [6.07, 6.45) is -9.77. The van der Waals surface area contributed by atoms with Crippen LogP contribution in [0.15, 0.2) is 18.2 Å². The Morgan fingerprint density at radius 2 is 1.91 bits per heavy atom. The first-order valence-electron chi connectivity index (χ1n) is 9.86. The van der Waals surface area contributed by atoms with Crippen LogP contribution in [-0.2, 0) is 9.84 Å². The van der Waals surface area contributed by atoms with Crippen LogP contribution >= 0.6 is 0 Å². The number of aryl methyl sites for hydroxylation is 1. The molecule has 2 heterocycles. The standard InChI is InChI=1S/C19H20F6N4O4S/c1-10-4-14(17(30)27-7-12-8-34(31,32)3-2-26-12)29-16-13(10)5-11(28-9-18(20,21)22)6-15(16)33-19(23,24)25/h4-6,12,26,28H,2-3,7-9H2,1H3,(H,27,30). The number of halogens is 6. The molecule has 0 spiro atoms. The first kappa shape index (κ1) is 25.8. The molecule has 1 aliphatic heterocycles. The number of rotatable bonds is 6. The Hall–Kier alpha value is -2.81. The molecule has 1 aromatic heterocycles. The second-order valence-electron chi connectivity index (χ2n) is 7.69. The van der Waals surface area contributed by atoms with Crippen molar-refractivity contribution in [3.05, 3.63) is 29.5 Å². The van der Waals surface area contributed by atoms with Crippen molar-refractivity contribution in [1.29, 1.82) is 0 Å². The summed E-state index contributed by atoms with van der Waals surface area (Å²) in [6, 6.07) is 2.60. The van der Waals surface area contributed by atoms with Gasteiger partial charge in [0.05, 0.1) is 11.5 Å². The van der Waals surface area contributed by atoms with Crippen molar-refractivity contribution < 1.29 is 44.3 Å². The number of nitrogens with zero attached hydrogens (tertiary/aromatic N) is 1. The molecular weight excluding hydrogens is 494 g/mol. The second-order valence-corrected chi connectivity index (χ2v) is 9.92. The van der Waals surface area contributed by atoms with Crippen molar-refractivity contribution in [3.63, 3.8) is 0 Å². The molecule has 1 saturated heterocycles. The number of hydrogen-bond acceptors (Lipinski definition) is 7. The summed E-state index contributed by atoms with van der Waals surface area (Å²) in [5.74, 6) is -1.86. The van der Waals surface area contributed by atoms with Crippen LogP contribution in [0.5, 0.6) is 5.75 Å². The maximum atomic E-state index is 12.9. The van der Waals surface area contributed by atoms with E-state index in [-0.39, 0.29) is 52.4 Å². The molecule has 1 amide bonds. The summed E-state index contributed by atoms with van der Waals surface area (Å²) in [4.78, 5) is 16.5. The Bertz CT molecular complexity index is 1180. The summed E-state index contributed by atoms with van der Waals surface area (Å²) in [5, 5.41) is 7.47. The van der Waals surface area contributed by atoms with Gasteiger partial charge in [0.2, 0.25) is 0 Å². The van der Waals surface area contributed by atoms with Gasteiger partial charge < -0.3 is 20.7 Å². The number of carbonyl (C=O) groups is 1. The fraction of sp³-hybridized carbons (Fsp3) is 0.474. The minimum atomic E-state index is -5.17. The zero-order chi connectivity index (χ0) is 25.3. The topological polar surface area (TPSA) is 109 Å². The van der Waals surface area contributed by atoms with Crippen LogP contribution in [0.4, 0.5) is 32.0 Å². The third-order valence-electron chi connectivity index (χ3n) is 4.85. The van der Waals surface area contributed by atoms with Gasteiger partial charge in [0.25, 0.3) is 5.91 Å². The molecule has 1 unspecified atom stereocenters. The number of carbonyl (C=O) groups excluding carboxylic acids is 1. The van der Waals surface area contributed by atoms with Gasteiger partial charge in [-0.25, -0.2) is 13.4 Å². The molecule has 34 heavy (non-hydrogen) atoms. The van der Waals surface area contributed by atoms with E-state index in [1.807, 2.05) is 5.32 Å². The molecule has 0 aliphatic carbocycles. The van der Waals surface area contributed by atoms with Gasteiger partial charge in [-0.1, -0.05) is 0 Å². The second kappa shape index (κ2) is 9.44. The molecule has 3 rings (SSSR count). The van der Waals surface area contributed by atoms with Crippen molar-refractivity contribution >= 4 is 32.3 Å². The van der Waals surface area contributed by atoms with E-state index in [9.17, 15) is 39.6 Å². The molecule has 8 nitrogen and oxygen atoms in total. The molecule has 1 aromatic carbocycles. The van der Waals surface area contributed by atoms with Crippen molar-refractivity contribution in [2.45, 2.75) is 25.5 Å². The van der Waals surface area contributed by atoms with Crippen LogP contribution in [0.2, 0.25) is 0 Å². The lowest BCUT2D eigenvalue weighted by molar-refractivity contribution is -0.274. The largest absolute Gasteiger partial charge is 0.573 e. The number of hydrogen-bond donors (Lipinski definition) is 3. The molecule has 0 bridgehead atoms. The number of aromatic nitrogens is 1. The lowest BCUT2D eigenvalue weighted by Crippen LogP contribution is -2.50. The quantitative estimate of drug-likeness (QED) is 0.509. The van der Waals surface area contributed by atoms with Crippen LogP contribution < -0.4 is 20.7 Å². The fourth-order valence-electron chi connectivity index (χ4n) is 3.39. The van der Waals surface area contributed by atoms with Crippen molar-refractivity contribution in [2.24, 2.45) is 0 Å². The number of ether oxygens (including phenoxy) is 1. The van der Waals surface area contributed by atoms with Crippen LogP contribution in [0.25, 0.3) is 10.9 Å². The van der Waals surface area contributed by atoms with Gasteiger partial charge in [-0.15, -0.1) is 13.2 Å². The molecule has 1 aliphatic rings. The van der Waals surface area contributed by atoms with E-state index in [1.165, 1.54) is 19.1 Å². The fourth-order valence-corrected chi connectivity index (χ4v) is 4.83. The van der Waals surface area contributed by atoms with Gasteiger partial charge in [0, 0.05) is 36.3 Å². The predicted octanol–water partition coefficient (Wildman–Crippen LogP) is 2.53. The highest BCUT2D eigenvalue weighted by molar-refractivity contribution is 7.91. The molecule has 3 N–H and O–H groups in total. The number of nitrogens with one attached hydrogen (secondary N) is 3. The number of amides is 1. The van der Waals surface area contributed by atoms with E-state index in [2.05, 4.69) is 20.4 Å². The highest BCUT2D eigenvalue weighted by Gasteiger charge is 2.33. The molecule has 1 fully saturated rings. The summed E-state index contributed by atoms with van der Waals surface area (Å²) >= 11 is 0. The molecule has 15 heteroatoms. The van der Waals surface area contributed by atoms with Crippen LogP contribution in [0.3, 0.4) is 0 Å². The highest BCUT2D eigenvalue weighted by atomic mass is 32.2. The Morgan fingerprint density at radius 1 is 1.21 bits per heavy atom. The van der Waals surface area contributed by atoms with Crippen molar-refractivity contribution in [1.82, 2.24) is 15.6 Å². The summed E-state index contributed by atoms with van der Waals surface area (Å²) in [5.41, 5.74) is -0.669. The van der Waals surface area contributed by atoms with Gasteiger partial charge in [-0.2, -0.15) is 13.2 Å². The van der Waals surface area contributed by atoms with Crippen LogP contribution in [-0.4, -0.2) is 69.0 Å². The molecule has 188 valence electrons. The lowest BCUT2D eigenvalue weighted by Gasteiger charge is -2.23. The van der Waals surface area contributed by atoms with Gasteiger partial charge in [0.1, 0.15) is 17.8 Å². The average Bonchev–Trinajstić information content (AvgIpc) is 2.68. The van der Waals surface area contributed by atoms with E-state index >= 15 is 0 Å². The number of anilines is 1. The Morgan fingerprint density at radius 3 is 2.53 bits per heavy atom. The van der Waals surface area contributed by atoms with Crippen LogP contribution in [0.1, 0.15) is 16.1 Å². The summed E-state index contributed by atoms with van der Waals surface area (Å²) in [7, 11) is -3.25. The predicted molar refractivity (Wildman–Crippen MR) is 110 cm³/mol. The van der Waals surface area contributed by atoms with E-state index in [4.69, 9.17) is 0 Å². The lowest BCUT2D eigenvalue weighted by atomic mass is 10.1. The van der Waals surface area contributed by atoms with Gasteiger partial charge >= 0.3 is 12.5 Å². The molecule has 2 aromatic rings. The molecule has 1 atom stereocenters. The third kappa shape index (κ3) is 7.09. The maximum Gasteiger partial charge on any atom is 0.573 e. The minimum absolute atomic E-state index is 0.0231. The van der Waals surface area contributed by atoms with Gasteiger partial charge in [-0.3, -0.25) is 4.79 Å². The number of pyridine rings is 1. The number of benzene rings is 1. The van der Waals surface area contributed by atoms with Crippen molar-refractivity contribution in [2.75, 3.05) is 36.5 Å². The minimum Gasteiger partial charge on any atom is -0.403 e. The maximum absolute atomic E-state index is 12.9. The van der Waals surface area contributed by atoms with E-state index in [1.54, 1.807) is 0 Å². The Balaban J connectivity index is 1.90. The van der Waals surface area contributed by atoms with Crippen LogP contribution in [0, 0.1) is 6.92 Å². The zero-order valence-corrected chi connectivity index (χ0v) is 18.4. The smallest absolute Gasteiger partial charge is 0.403 e. The summed E-state index contributed by atoms with van der Waals surface area (Å²) in [6.45, 7) is 0.116. The summed E-state index contributed by atoms with van der Waals surface area (Å²) < 4.78 is 104. The Kier molecular flexibility index (Phi) is 7.17. The SMILES string of the molecule is Cc1cc(C(=O)NCC2CS(=O)(=O)CCN2)nc2c(OC(F)(F)F)cc(NCC(F)(F)F)cc12. The third-order valence-corrected chi connectivity index (χ3v) is 6.58. The number of alkyl halides is 6. The Labute approximate surface area is 190 Å². The number of sulfone groups is 1. The molecule has 0 radical (unpaired) electrons. The van der Waals surface area contributed by atoms with E-state index in [0.717, 1.165) is 0 Å². The first-order valence-corrected chi connectivity index (χ1v) is 11.7. The monoisotopic (exact) mass is 514 g/mol. The normalized spacial score (nSPS) is 18.5. The van der Waals surface area contributed by atoms with E-state index in [0.29, 0.717) is 6.07 Å². The molecule has 0 saturated carbocycles.